The van der Waals surface area contributed by atoms with Crippen molar-refractivity contribution in [3.63, 3.8) is 0 Å². The van der Waals surface area contributed by atoms with Gasteiger partial charge in [-0.2, -0.15) is 0 Å². The summed E-state index contributed by atoms with van der Waals surface area (Å²) in [5, 5.41) is 11.5. The summed E-state index contributed by atoms with van der Waals surface area (Å²) in [6, 6.07) is -0.819. The highest BCUT2D eigenvalue weighted by molar-refractivity contribution is 5.80. The lowest BCUT2D eigenvalue weighted by Crippen LogP contribution is -2.45. The largest absolute Gasteiger partial charge is 0.480 e. The van der Waals surface area contributed by atoms with Gasteiger partial charge in [-0.3, -0.25) is 0 Å². The average Bonchev–Trinajstić information content (AvgIpc) is 2.90. The van der Waals surface area contributed by atoms with Crippen LogP contribution >= 0.6 is 0 Å². The van der Waals surface area contributed by atoms with Crippen LogP contribution in [0.1, 0.15) is 19.3 Å². The molecule has 0 bridgehead atoms. The molecule has 3 unspecified atom stereocenters. The van der Waals surface area contributed by atoms with Crippen molar-refractivity contribution in [3.05, 3.63) is 12.7 Å². The van der Waals surface area contributed by atoms with Crippen LogP contribution in [0.4, 0.5) is 4.79 Å². The smallest absolute Gasteiger partial charge is 0.408 e. The topological polar surface area (TPSA) is 75.6 Å². The van der Waals surface area contributed by atoms with Crippen molar-refractivity contribution in [1.29, 1.82) is 0 Å². The minimum Gasteiger partial charge on any atom is -0.480 e. The fraction of sp³-hybridized carbons (Fsp3) is 0.667. The molecule has 0 aromatic rings. The average molecular weight is 239 g/mol. The van der Waals surface area contributed by atoms with Gasteiger partial charge in [-0.15, -0.1) is 0 Å². The maximum Gasteiger partial charge on any atom is 0.408 e. The molecule has 2 fully saturated rings. The van der Waals surface area contributed by atoms with Crippen LogP contribution in [0.5, 0.6) is 0 Å². The van der Waals surface area contributed by atoms with Crippen molar-refractivity contribution in [2.75, 3.05) is 6.61 Å². The highest BCUT2D eigenvalue weighted by atomic mass is 16.5. The third kappa shape index (κ3) is 2.78. The summed E-state index contributed by atoms with van der Waals surface area (Å²) in [6.07, 6.45) is 3.80. The van der Waals surface area contributed by atoms with Crippen LogP contribution in [0.2, 0.25) is 0 Å². The van der Waals surface area contributed by atoms with Crippen molar-refractivity contribution >= 4 is 12.1 Å². The number of carboxylic acids is 1. The summed E-state index contributed by atoms with van der Waals surface area (Å²) in [5.41, 5.74) is 0. The van der Waals surface area contributed by atoms with E-state index in [0.29, 0.717) is 11.8 Å². The Morgan fingerprint density at radius 1 is 1.41 bits per heavy atom. The number of hydrogen-bond acceptors (Lipinski definition) is 3. The van der Waals surface area contributed by atoms with E-state index in [9.17, 15) is 9.59 Å². The molecular weight excluding hydrogens is 222 g/mol. The van der Waals surface area contributed by atoms with E-state index in [2.05, 4.69) is 11.9 Å². The third-order valence-electron chi connectivity index (χ3n) is 3.62. The van der Waals surface area contributed by atoms with E-state index < -0.39 is 18.1 Å². The number of fused-ring (bicyclic) bond motifs is 1. The Bertz CT molecular complexity index is 331. The molecule has 2 N–H and O–H groups in total. The minimum atomic E-state index is -0.980. The van der Waals surface area contributed by atoms with E-state index in [1.54, 1.807) is 0 Å². The molecule has 2 aliphatic rings. The number of alkyl carbamates (subject to hydrolysis) is 1. The fourth-order valence-electron chi connectivity index (χ4n) is 2.72. The third-order valence-corrected chi connectivity index (χ3v) is 3.62. The van der Waals surface area contributed by atoms with E-state index in [1.807, 2.05) is 0 Å². The van der Waals surface area contributed by atoms with Crippen molar-refractivity contribution in [1.82, 2.24) is 5.32 Å². The molecule has 0 radical (unpaired) electrons. The van der Waals surface area contributed by atoms with E-state index in [0.717, 1.165) is 12.8 Å². The van der Waals surface area contributed by atoms with E-state index in [1.165, 1.54) is 12.5 Å². The number of aliphatic carboxylic acids is 1. The molecule has 0 aromatic heterocycles. The predicted octanol–water partition coefficient (Wildman–Crippen LogP) is 1.40. The van der Waals surface area contributed by atoms with Gasteiger partial charge in [-0.25, -0.2) is 9.59 Å². The van der Waals surface area contributed by atoms with Gasteiger partial charge < -0.3 is 15.2 Å². The van der Waals surface area contributed by atoms with Crippen molar-refractivity contribution < 1.29 is 19.4 Å². The molecule has 5 nitrogen and oxygen atoms in total. The molecule has 2 saturated carbocycles. The molecular formula is C12H17NO4. The molecule has 2 rings (SSSR count). The summed E-state index contributed by atoms with van der Waals surface area (Å²) in [5.74, 6) is 0.445. The van der Waals surface area contributed by atoms with Gasteiger partial charge in [0.2, 0.25) is 0 Å². The maximum absolute atomic E-state index is 11.3. The van der Waals surface area contributed by atoms with Crippen molar-refractivity contribution in [3.8, 4) is 0 Å². The number of carbonyl (C=O) groups excluding carboxylic acids is 1. The SMILES string of the molecule is C=CCOC(=O)NC(C(=O)O)C1CC2CC2C1. The van der Waals surface area contributed by atoms with Crippen LogP contribution in [0.3, 0.4) is 0 Å². The summed E-state index contributed by atoms with van der Waals surface area (Å²) in [6.45, 7) is 3.51. The summed E-state index contributed by atoms with van der Waals surface area (Å²) in [4.78, 5) is 22.4. The minimum absolute atomic E-state index is 0.0486. The Morgan fingerprint density at radius 3 is 2.59 bits per heavy atom. The number of nitrogens with one attached hydrogen (secondary N) is 1. The van der Waals surface area contributed by atoms with Gasteiger partial charge in [-0.05, 0) is 37.0 Å². The standard InChI is InChI=1S/C12H17NO4/c1-2-3-17-12(16)13-10(11(14)15)9-5-7-4-8(7)6-9/h2,7-10H,1,3-6H2,(H,13,16)(H,14,15). The van der Waals surface area contributed by atoms with E-state index >= 15 is 0 Å². The molecule has 0 spiro atoms. The first kappa shape index (κ1) is 12.0. The monoisotopic (exact) mass is 239 g/mol. The number of carboxylic acid groups (broad SMARTS) is 1. The first-order valence-corrected chi connectivity index (χ1v) is 5.88. The lowest BCUT2D eigenvalue weighted by molar-refractivity contribution is -0.140. The molecule has 94 valence electrons. The van der Waals surface area contributed by atoms with Crippen LogP contribution in [0.25, 0.3) is 0 Å². The maximum atomic E-state index is 11.3. The first-order chi connectivity index (χ1) is 8.11. The predicted molar refractivity (Wildman–Crippen MR) is 60.4 cm³/mol. The molecule has 0 saturated heterocycles. The zero-order valence-corrected chi connectivity index (χ0v) is 9.59. The van der Waals surface area contributed by atoms with Crippen LogP contribution < -0.4 is 5.32 Å². The molecule has 0 heterocycles. The Morgan fingerprint density at radius 2 is 2.06 bits per heavy atom. The highest BCUT2D eigenvalue weighted by Crippen LogP contribution is 2.55. The zero-order valence-electron chi connectivity index (χ0n) is 9.59. The fourth-order valence-corrected chi connectivity index (χ4v) is 2.72. The van der Waals surface area contributed by atoms with Gasteiger partial charge in [0.25, 0.3) is 0 Å². The lowest BCUT2D eigenvalue weighted by Gasteiger charge is -2.21. The van der Waals surface area contributed by atoms with E-state index in [-0.39, 0.29) is 12.5 Å². The van der Waals surface area contributed by atoms with Gasteiger partial charge in [0.05, 0.1) is 0 Å². The molecule has 5 heteroatoms. The second kappa shape index (κ2) is 4.77. The molecule has 17 heavy (non-hydrogen) atoms. The Labute approximate surface area is 99.8 Å². The highest BCUT2D eigenvalue weighted by Gasteiger charge is 2.49. The van der Waals surface area contributed by atoms with Crippen LogP contribution in [-0.4, -0.2) is 29.8 Å². The zero-order chi connectivity index (χ0) is 12.4. The van der Waals surface area contributed by atoms with Gasteiger partial charge >= 0.3 is 12.1 Å². The van der Waals surface area contributed by atoms with Gasteiger partial charge in [0.1, 0.15) is 12.6 Å². The Kier molecular flexibility index (Phi) is 3.36. The number of hydrogen-bond donors (Lipinski definition) is 2. The van der Waals surface area contributed by atoms with Crippen LogP contribution in [-0.2, 0) is 9.53 Å². The first-order valence-electron chi connectivity index (χ1n) is 5.88. The Balaban J connectivity index is 1.86. The van der Waals surface area contributed by atoms with Crippen molar-refractivity contribution in [2.45, 2.75) is 25.3 Å². The van der Waals surface area contributed by atoms with Crippen LogP contribution in [0, 0.1) is 17.8 Å². The number of carbonyl (C=O) groups is 2. The summed E-state index contributed by atoms with van der Waals surface area (Å²) in [7, 11) is 0. The van der Waals surface area contributed by atoms with E-state index in [4.69, 9.17) is 9.84 Å². The number of ether oxygens (including phenoxy) is 1. The number of amides is 1. The summed E-state index contributed by atoms with van der Waals surface area (Å²) < 4.78 is 4.74. The van der Waals surface area contributed by atoms with Gasteiger partial charge in [-0.1, -0.05) is 12.7 Å². The molecule has 0 aliphatic heterocycles. The summed E-state index contributed by atoms with van der Waals surface area (Å²) >= 11 is 0. The number of rotatable bonds is 5. The quantitative estimate of drug-likeness (QED) is 0.711. The van der Waals surface area contributed by atoms with Crippen molar-refractivity contribution in [2.24, 2.45) is 17.8 Å². The molecule has 2 aliphatic carbocycles. The molecule has 3 atom stereocenters. The normalized spacial score (nSPS) is 31.2. The Hall–Kier alpha value is -1.52. The lowest BCUT2D eigenvalue weighted by atomic mass is 9.94. The van der Waals surface area contributed by atoms with Gasteiger partial charge in [0, 0.05) is 0 Å². The van der Waals surface area contributed by atoms with Gasteiger partial charge in [0.15, 0.2) is 0 Å². The second-order valence-electron chi connectivity index (χ2n) is 4.83. The molecule has 1 amide bonds. The second-order valence-corrected chi connectivity index (χ2v) is 4.83. The molecule has 0 aromatic carbocycles. The van der Waals surface area contributed by atoms with Crippen LogP contribution in [0.15, 0.2) is 12.7 Å².